The fourth-order valence-corrected chi connectivity index (χ4v) is 3.82. The average Bonchev–Trinajstić information content (AvgIpc) is 3.20. The lowest BCUT2D eigenvalue weighted by molar-refractivity contribution is -0.131. The minimum absolute atomic E-state index is 0.0286. The second kappa shape index (κ2) is 7.03. The molecule has 0 spiro atoms. The second-order valence-corrected chi connectivity index (χ2v) is 7.15. The molecule has 1 saturated heterocycles. The van der Waals surface area contributed by atoms with E-state index in [1.807, 2.05) is 4.90 Å². The van der Waals surface area contributed by atoms with Gasteiger partial charge in [0.25, 0.3) is 5.56 Å². The van der Waals surface area contributed by atoms with Crippen LogP contribution in [0.3, 0.4) is 0 Å². The van der Waals surface area contributed by atoms with E-state index in [-0.39, 0.29) is 23.9 Å². The molecule has 8 heteroatoms. The van der Waals surface area contributed by atoms with Crippen molar-refractivity contribution in [1.29, 1.82) is 0 Å². The zero-order chi connectivity index (χ0) is 18.1. The highest BCUT2D eigenvalue weighted by Crippen LogP contribution is 2.47. The summed E-state index contributed by atoms with van der Waals surface area (Å²) >= 11 is 0. The van der Waals surface area contributed by atoms with Gasteiger partial charge >= 0.3 is 0 Å². The second-order valence-electron chi connectivity index (χ2n) is 7.15. The number of pyridine rings is 1. The number of carbonyl (C=O) groups is 1. The summed E-state index contributed by atoms with van der Waals surface area (Å²) in [6, 6.07) is 4.91. The number of nitrogens with one attached hydrogen (secondary N) is 1. The van der Waals surface area contributed by atoms with E-state index in [4.69, 9.17) is 4.74 Å². The first-order valence-electron chi connectivity index (χ1n) is 8.99. The molecule has 1 amide bonds. The van der Waals surface area contributed by atoms with Gasteiger partial charge in [0.05, 0.1) is 0 Å². The number of aromatic nitrogens is 4. The summed E-state index contributed by atoms with van der Waals surface area (Å²) in [7, 11) is 1.62. The maximum Gasteiger partial charge on any atom is 0.250 e. The Morgan fingerprint density at radius 1 is 1.35 bits per heavy atom. The number of amides is 1. The zero-order valence-electron chi connectivity index (χ0n) is 14.8. The maximum atomic E-state index is 12.7. The number of H-pyrrole nitrogens is 1. The van der Waals surface area contributed by atoms with E-state index >= 15 is 0 Å². The summed E-state index contributed by atoms with van der Waals surface area (Å²) in [5.74, 6) is 2.61. The number of methoxy groups -OCH3 is 1. The third-order valence-corrected chi connectivity index (χ3v) is 5.31. The van der Waals surface area contributed by atoms with Crippen LogP contribution >= 0.6 is 0 Å². The van der Waals surface area contributed by atoms with Gasteiger partial charge in [-0.1, -0.05) is 6.07 Å². The van der Waals surface area contributed by atoms with Gasteiger partial charge in [-0.3, -0.25) is 14.7 Å². The molecule has 2 aromatic rings. The Bertz CT molecular complexity index is 841. The van der Waals surface area contributed by atoms with Gasteiger partial charge in [-0.15, -0.1) is 0 Å². The number of ether oxygens (including phenoxy) is 1. The first-order chi connectivity index (χ1) is 12.7. The predicted molar refractivity (Wildman–Crippen MR) is 93.3 cm³/mol. The molecule has 1 saturated carbocycles. The Balaban J connectivity index is 1.49. The SMILES string of the molecule is COCc1nc([C@H]2CN(C(=O)Cn3ccccc3=O)C[C@@H]2C2CC2)n[nH]1. The van der Waals surface area contributed by atoms with Crippen molar-refractivity contribution in [1.82, 2.24) is 24.6 Å². The third-order valence-electron chi connectivity index (χ3n) is 5.31. The summed E-state index contributed by atoms with van der Waals surface area (Å²) < 4.78 is 6.55. The van der Waals surface area contributed by atoms with E-state index in [1.165, 1.54) is 23.5 Å². The van der Waals surface area contributed by atoms with Crippen LogP contribution in [0.4, 0.5) is 0 Å². The van der Waals surface area contributed by atoms with Crippen LogP contribution in [0.5, 0.6) is 0 Å². The summed E-state index contributed by atoms with van der Waals surface area (Å²) in [5, 5.41) is 7.28. The van der Waals surface area contributed by atoms with Crippen molar-refractivity contribution < 1.29 is 9.53 Å². The number of likely N-dealkylation sites (tertiary alicyclic amines) is 1. The van der Waals surface area contributed by atoms with Gasteiger partial charge in [0.1, 0.15) is 13.2 Å². The van der Waals surface area contributed by atoms with Gasteiger partial charge in [0.2, 0.25) is 5.91 Å². The van der Waals surface area contributed by atoms with Crippen LogP contribution in [0.25, 0.3) is 0 Å². The Labute approximate surface area is 151 Å². The fraction of sp³-hybridized carbons (Fsp3) is 0.556. The molecule has 1 aliphatic heterocycles. The van der Waals surface area contributed by atoms with Gasteiger partial charge in [0.15, 0.2) is 11.6 Å². The Kier molecular flexibility index (Phi) is 4.58. The molecule has 2 aromatic heterocycles. The van der Waals surface area contributed by atoms with E-state index in [0.29, 0.717) is 37.4 Å². The molecule has 2 aliphatic rings. The topological polar surface area (TPSA) is 93.1 Å². The lowest BCUT2D eigenvalue weighted by Crippen LogP contribution is -2.35. The summed E-state index contributed by atoms with van der Waals surface area (Å²) in [6.07, 6.45) is 4.06. The van der Waals surface area contributed by atoms with E-state index in [2.05, 4.69) is 15.2 Å². The maximum absolute atomic E-state index is 12.7. The van der Waals surface area contributed by atoms with Gasteiger partial charge in [-0.2, -0.15) is 5.10 Å². The van der Waals surface area contributed by atoms with E-state index in [0.717, 1.165) is 5.82 Å². The highest BCUT2D eigenvalue weighted by molar-refractivity contribution is 5.76. The smallest absolute Gasteiger partial charge is 0.250 e. The monoisotopic (exact) mass is 357 g/mol. The Morgan fingerprint density at radius 3 is 2.92 bits per heavy atom. The number of hydrogen-bond acceptors (Lipinski definition) is 5. The van der Waals surface area contributed by atoms with Crippen LogP contribution in [0.1, 0.15) is 30.4 Å². The molecular formula is C18H23N5O3. The molecule has 0 aromatic carbocycles. The summed E-state index contributed by atoms with van der Waals surface area (Å²) in [4.78, 5) is 31.0. The molecule has 0 bridgehead atoms. The number of hydrogen-bond donors (Lipinski definition) is 1. The molecule has 2 atom stereocenters. The normalized spacial score (nSPS) is 22.7. The summed E-state index contributed by atoms with van der Waals surface area (Å²) in [6.45, 7) is 1.79. The molecule has 4 rings (SSSR count). The first kappa shape index (κ1) is 17.0. The molecule has 0 radical (unpaired) electrons. The van der Waals surface area contributed by atoms with Crippen molar-refractivity contribution in [2.24, 2.45) is 11.8 Å². The largest absolute Gasteiger partial charge is 0.377 e. The van der Waals surface area contributed by atoms with Gasteiger partial charge in [-0.25, -0.2) is 4.98 Å². The minimum Gasteiger partial charge on any atom is -0.377 e. The van der Waals surface area contributed by atoms with Crippen molar-refractivity contribution in [3.63, 3.8) is 0 Å². The van der Waals surface area contributed by atoms with Crippen LogP contribution in [0, 0.1) is 11.8 Å². The van der Waals surface area contributed by atoms with E-state index in [9.17, 15) is 9.59 Å². The van der Waals surface area contributed by atoms with Gasteiger partial charge < -0.3 is 14.2 Å². The van der Waals surface area contributed by atoms with Crippen LogP contribution in [0.2, 0.25) is 0 Å². The molecule has 1 aliphatic carbocycles. The molecule has 3 heterocycles. The van der Waals surface area contributed by atoms with Crippen LogP contribution < -0.4 is 5.56 Å². The average molecular weight is 357 g/mol. The van der Waals surface area contributed by atoms with E-state index in [1.54, 1.807) is 25.4 Å². The number of aromatic amines is 1. The zero-order valence-corrected chi connectivity index (χ0v) is 14.8. The van der Waals surface area contributed by atoms with Crippen molar-refractivity contribution >= 4 is 5.91 Å². The van der Waals surface area contributed by atoms with Crippen molar-refractivity contribution in [3.05, 3.63) is 46.4 Å². The molecule has 2 fully saturated rings. The highest BCUT2D eigenvalue weighted by atomic mass is 16.5. The lowest BCUT2D eigenvalue weighted by atomic mass is 9.91. The molecule has 26 heavy (non-hydrogen) atoms. The van der Waals surface area contributed by atoms with Crippen LogP contribution in [-0.2, 0) is 22.7 Å². The Morgan fingerprint density at radius 2 is 2.19 bits per heavy atom. The lowest BCUT2D eigenvalue weighted by Gasteiger charge is -2.17. The molecular weight excluding hydrogens is 334 g/mol. The quantitative estimate of drug-likeness (QED) is 0.824. The first-order valence-corrected chi connectivity index (χ1v) is 8.99. The number of rotatable bonds is 6. The van der Waals surface area contributed by atoms with E-state index < -0.39 is 0 Å². The summed E-state index contributed by atoms with van der Waals surface area (Å²) in [5.41, 5.74) is -0.159. The third kappa shape index (κ3) is 3.41. The number of nitrogens with zero attached hydrogens (tertiary/aromatic N) is 4. The Hall–Kier alpha value is -2.48. The van der Waals surface area contributed by atoms with Gasteiger partial charge in [-0.05, 0) is 30.7 Å². The minimum atomic E-state index is -0.159. The van der Waals surface area contributed by atoms with Crippen LogP contribution in [0.15, 0.2) is 29.2 Å². The van der Waals surface area contributed by atoms with Gasteiger partial charge in [0, 0.05) is 38.4 Å². The van der Waals surface area contributed by atoms with Crippen molar-refractivity contribution in [3.8, 4) is 0 Å². The standard InChI is InChI=1S/C18H23N5O3/c1-26-11-15-19-18(21-20-15)14-9-23(8-13(14)12-5-6-12)17(25)10-22-7-3-2-4-16(22)24/h2-4,7,12-14H,5-6,8-11H2,1H3,(H,19,20,21)/t13-,14+/m1/s1. The van der Waals surface area contributed by atoms with Crippen LogP contribution in [-0.4, -0.2) is 50.8 Å². The molecule has 138 valence electrons. The van der Waals surface area contributed by atoms with Crippen molar-refractivity contribution in [2.75, 3.05) is 20.2 Å². The molecule has 0 unspecified atom stereocenters. The molecule has 1 N–H and O–H groups in total. The predicted octanol–water partition coefficient (Wildman–Crippen LogP) is 0.765. The fourth-order valence-electron chi connectivity index (χ4n) is 3.82. The van der Waals surface area contributed by atoms with Crippen molar-refractivity contribution in [2.45, 2.75) is 31.9 Å². The molecule has 8 nitrogen and oxygen atoms in total. The highest BCUT2D eigenvalue weighted by Gasteiger charge is 2.45. The number of carbonyl (C=O) groups excluding carboxylic acids is 1.